The summed E-state index contributed by atoms with van der Waals surface area (Å²) in [5.74, 6) is 0.210. The van der Waals surface area contributed by atoms with E-state index in [2.05, 4.69) is 5.32 Å². The minimum absolute atomic E-state index is 0.0451. The van der Waals surface area contributed by atoms with Gasteiger partial charge in [0.05, 0.1) is 23.2 Å². The molecule has 8 heteroatoms. The van der Waals surface area contributed by atoms with E-state index in [4.69, 9.17) is 16.3 Å². The van der Waals surface area contributed by atoms with Crippen molar-refractivity contribution in [3.05, 3.63) is 89.4 Å². The molecular weight excluding hydrogens is 460 g/mol. The Balaban J connectivity index is 1.91. The maximum Gasteiger partial charge on any atom is 0.264 e. The predicted octanol–water partition coefficient (Wildman–Crippen LogP) is 5.20. The number of anilines is 1. The van der Waals surface area contributed by atoms with E-state index in [0.717, 1.165) is 9.87 Å². The van der Waals surface area contributed by atoms with Gasteiger partial charge < -0.3 is 10.1 Å². The standard InChI is InChI=1S/C25H27ClN2O4S/c1-3-24(19-8-6-5-7-9-19)27-25(29)18-28(21-12-14-22(15-13-21)32-4-2)33(30,31)23-16-10-20(26)11-17-23/h5-17,24H,3-4,18H2,1-2H3,(H,27,29). The number of amides is 1. The summed E-state index contributed by atoms with van der Waals surface area (Å²) in [7, 11) is -4.03. The smallest absolute Gasteiger partial charge is 0.264 e. The fourth-order valence-corrected chi connectivity index (χ4v) is 4.95. The molecule has 3 rings (SSSR count). The number of halogens is 1. The summed E-state index contributed by atoms with van der Waals surface area (Å²) >= 11 is 5.93. The van der Waals surface area contributed by atoms with Crippen LogP contribution >= 0.6 is 11.6 Å². The van der Waals surface area contributed by atoms with Gasteiger partial charge in [-0.25, -0.2) is 8.42 Å². The molecule has 174 valence electrons. The zero-order valence-corrected chi connectivity index (χ0v) is 20.1. The highest BCUT2D eigenvalue weighted by Crippen LogP contribution is 2.27. The zero-order valence-electron chi connectivity index (χ0n) is 18.6. The molecule has 1 unspecified atom stereocenters. The highest BCUT2D eigenvalue weighted by molar-refractivity contribution is 7.92. The lowest BCUT2D eigenvalue weighted by Gasteiger charge is -2.26. The van der Waals surface area contributed by atoms with Crippen LogP contribution in [0, 0.1) is 0 Å². The molecule has 3 aromatic rings. The second kappa shape index (κ2) is 11.2. The number of nitrogens with zero attached hydrogens (tertiary/aromatic N) is 1. The Morgan fingerprint density at radius 1 is 0.970 bits per heavy atom. The number of carbonyl (C=O) groups is 1. The molecule has 0 heterocycles. The molecule has 6 nitrogen and oxygen atoms in total. The molecule has 3 aromatic carbocycles. The Labute approximate surface area is 200 Å². The number of benzene rings is 3. The lowest BCUT2D eigenvalue weighted by atomic mass is 10.0. The first-order chi connectivity index (χ1) is 15.8. The second-order valence-corrected chi connectivity index (χ2v) is 9.63. The monoisotopic (exact) mass is 486 g/mol. The Hall–Kier alpha value is -3.03. The van der Waals surface area contributed by atoms with Crippen molar-refractivity contribution in [1.82, 2.24) is 5.32 Å². The van der Waals surface area contributed by atoms with Gasteiger partial charge in [-0.3, -0.25) is 9.10 Å². The Morgan fingerprint density at radius 3 is 2.18 bits per heavy atom. The quantitative estimate of drug-likeness (QED) is 0.427. The minimum Gasteiger partial charge on any atom is -0.494 e. The molecule has 1 atom stereocenters. The first kappa shape index (κ1) is 24.6. The van der Waals surface area contributed by atoms with Crippen LogP contribution in [0.25, 0.3) is 0 Å². The van der Waals surface area contributed by atoms with Gasteiger partial charge in [0.15, 0.2) is 0 Å². The molecule has 1 N–H and O–H groups in total. The SMILES string of the molecule is CCOc1ccc(N(CC(=O)NC(CC)c2ccccc2)S(=O)(=O)c2ccc(Cl)cc2)cc1. The third kappa shape index (κ3) is 6.27. The highest BCUT2D eigenvalue weighted by Gasteiger charge is 2.28. The van der Waals surface area contributed by atoms with Gasteiger partial charge in [0.2, 0.25) is 5.91 Å². The number of carbonyl (C=O) groups excluding carboxylic acids is 1. The van der Waals surface area contributed by atoms with Gasteiger partial charge in [0.25, 0.3) is 10.0 Å². The minimum atomic E-state index is -4.03. The molecule has 33 heavy (non-hydrogen) atoms. The Kier molecular flexibility index (Phi) is 8.36. The van der Waals surface area contributed by atoms with Crippen molar-refractivity contribution >= 4 is 33.2 Å². The van der Waals surface area contributed by atoms with Crippen LogP contribution in [0.5, 0.6) is 5.75 Å². The van der Waals surface area contributed by atoms with Gasteiger partial charge in [-0.05, 0) is 67.4 Å². The molecule has 0 aromatic heterocycles. The van der Waals surface area contributed by atoms with Gasteiger partial charge in [-0.2, -0.15) is 0 Å². The second-order valence-electron chi connectivity index (χ2n) is 7.33. The van der Waals surface area contributed by atoms with Gasteiger partial charge in [0, 0.05) is 5.02 Å². The molecule has 0 aliphatic heterocycles. The molecule has 0 saturated carbocycles. The maximum atomic E-state index is 13.5. The zero-order chi connectivity index (χ0) is 23.8. The maximum absolute atomic E-state index is 13.5. The van der Waals surface area contributed by atoms with E-state index in [1.807, 2.05) is 44.2 Å². The van der Waals surface area contributed by atoms with Crippen molar-refractivity contribution in [2.75, 3.05) is 17.5 Å². The molecule has 0 radical (unpaired) electrons. The number of rotatable bonds is 10. The molecule has 0 aliphatic rings. The Morgan fingerprint density at radius 2 is 1.61 bits per heavy atom. The fourth-order valence-electron chi connectivity index (χ4n) is 3.40. The fraction of sp³-hybridized carbons (Fsp3) is 0.240. The summed E-state index contributed by atoms with van der Waals surface area (Å²) in [5.41, 5.74) is 1.32. The van der Waals surface area contributed by atoms with Crippen molar-refractivity contribution in [3.63, 3.8) is 0 Å². The summed E-state index contributed by atoms with van der Waals surface area (Å²) in [6.45, 7) is 3.95. The van der Waals surface area contributed by atoms with Crippen LogP contribution in [0.2, 0.25) is 5.02 Å². The molecule has 0 spiro atoms. The molecule has 0 bridgehead atoms. The van der Waals surface area contributed by atoms with Gasteiger partial charge >= 0.3 is 0 Å². The van der Waals surface area contributed by atoms with Gasteiger partial charge in [0.1, 0.15) is 12.3 Å². The summed E-state index contributed by atoms with van der Waals surface area (Å²) < 4.78 is 33.5. The third-order valence-electron chi connectivity index (χ3n) is 5.07. The molecule has 0 saturated heterocycles. The summed E-state index contributed by atoms with van der Waals surface area (Å²) in [4.78, 5) is 13.1. The molecule has 0 aliphatic carbocycles. The summed E-state index contributed by atoms with van der Waals surface area (Å²) in [6.07, 6.45) is 0.669. The van der Waals surface area contributed by atoms with Crippen molar-refractivity contribution in [1.29, 1.82) is 0 Å². The van der Waals surface area contributed by atoms with Crippen LogP contribution in [-0.2, 0) is 14.8 Å². The predicted molar refractivity (Wildman–Crippen MR) is 131 cm³/mol. The Bertz CT molecular complexity index is 1150. The van der Waals surface area contributed by atoms with Crippen LogP contribution in [0.3, 0.4) is 0 Å². The van der Waals surface area contributed by atoms with Crippen LogP contribution < -0.4 is 14.4 Å². The van der Waals surface area contributed by atoms with E-state index < -0.39 is 15.9 Å². The van der Waals surface area contributed by atoms with Crippen LogP contribution in [-0.4, -0.2) is 27.5 Å². The van der Waals surface area contributed by atoms with E-state index in [-0.39, 0.29) is 17.5 Å². The van der Waals surface area contributed by atoms with Crippen LogP contribution in [0.4, 0.5) is 5.69 Å². The lowest BCUT2D eigenvalue weighted by molar-refractivity contribution is -0.120. The van der Waals surface area contributed by atoms with Gasteiger partial charge in [-0.1, -0.05) is 48.9 Å². The first-order valence-electron chi connectivity index (χ1n) is 10.7. The molecule has 1 amide bonds. The normalized spacial score (nSPS) is 12.1. The lowest BCUT2D eigenvalue weighted by Crippen LogP contribution is -2.42. The van der Waals surface area contributed by atoms with E-state index in [1.54, 1.807) is 24.3 Å². The average Bonchev–Trinajstić information content (AvgIpc) is 2.82. The highest BCUT2D eigenvalue weighted by atomic mass is 35.5. The number of hydrogen-bond donors (Lipinski definition) is 1. The van der Waals surface area contributed by atoms with Gasteiger partial charge in [-0.15, -0.1) is 0 Å². The number of hydrogen-bond acceptors (Lipinski definition) is 4. The average molecular weight is 487 g/mol. The summed E-state index contributed by atoms with van der Waals surface area (Å²) in [6, 6.07) is 21.8. The largest absolute Gasteiger partial charge is 0.494 e. The van der Waals surface area contributed by atoms with E-state index >= 15 is 0 Å². The van der Waals surface area contributed by atoms with Crippen LogP contribution in [0.15, 0.2) is 83.8 Å². The number of nitrogens with one attached hydrogen (secondary N) is 1. The number of ether oxygens (including phenoxy) is 1. The van der Waals surface area contributed by atoms with E-state index in [9.17, 15) is 13.2 Å². The topological polar surface area (TPSA) is 75.7 Å². The van der Waals surface area contributed by atoms with Crippen molar-refractivity contribution in [2.24, 2.45) is 0 Å². The van der Waals surface area contributed by atoms with Crippen molar-refractivity contribution < 1.29 is 17.9 Å². The van der Waals surface area contributed by atoms with Crippen molar-refractivity contribution in [3.8, 4) is 5.75 Å². The number of sulfonamides is 1. The first-order valence-corrected chi connectivity index (χ1v) is 12.5. The molecule has 0 fully saturated rings. The third-order valence-corrected chi connectivity index (χ3v) is 7.11. The summed E-state index contributed by atoms with van der Waals surface area (Å²) in [5, 5.41) is 3.38. The van der Waals surface area contributed by atoms with Crippen molar-refractivity contribution in [2.45, 2.75) is 31.2 Å². The van der Waals surface area contributed by atoms with E-state index in [0.29, 0.717) is 29.5 Å². The van der Waals surface area contributed by atoms with Crippen LogP contribution in [0.1, 0.15) is 31.9 Å². The van der Waals surface area contributed by atoms with E-state index in [1.165, 1.54) is 24.3 Å². The molecular formula is C25H27ClN2O4S.